The first-order chi connectivity index (χ1) is 13.0. The van der Waals surface area contributed by atoms with E-state index in [4.69, 9.17) is 16.7 Å². The van der Waals surface area contributed by atoms with E-state index < -0.39 is 11.9 Å². The van der Waals surface area contributed by atoms with Gasteiger partial charge in [-0.25, -0.2) is 4.79 Å². The number of carbonyl (C=O) groups is 3. The quantitative estimate of drug-likeness (QED) is 0.833. The van der Waals surface area contributed by atoms with Crippen molar-refractivity contribution in [3.8, 4) is 0 Å². The molecule has 27 heavy (non-hydrogen) atoms. The Hall–Kier alpha value is -2.86. The largest absolute Gasteiger partial charge is 0.478 e. The van der Waals surface area contributed by atoms with Gasteiger partial charge in [-0.1, -0.05) is 17.7 Å². The smallest absolute Gasteiger partial charge is 0.335 e. The highest BCUT2D eigenvalue weighted by molar-refractivity contribution is 6.31. The predicted octanol–water partition coefficient (Wildman–Crippen LogP) is 3.92. The Morgan fingerprint density at radius 1 is 0.963 bits per heavy atom. The van der Waals surface area contributed by atoms with Crippen molar-refractivity contribution in [3.05, 3.63) is 64.2 Å². The molecule has 0 aromatic heterocycles. The van der Waals surface area contributed by atoms with Crippen molar-refractivity contribution in [1.29, 1.82) is 0 Å². The lowest BCUT2D eigenvalue weighted by atomic mass is 10.1. The van der Waals surface area contributed by atoms with Gasteiger partial charge in [0.2, 0.25) is 0 Å². The number of halogens is 1. The number of hydrogen-bond acceptors (Lipinski definition) is 3. The van der Waals surface area contributed by atoms with Crippen LogP contribution in [0.2, 0.25) is 5.02 Å². The number of likely N-dealkylation sites (tertiary alicyclic amines) is 1. The van der Waals surface area contributed by atoms with Gasteiger partial charge in [-0.3, -0.25) is 9.59 Å². The number of anilines is 1. The van der Waals surface area contributed by atoms with Gasteiger partial charge in [0, 0.05) is 23.7 Å². The van der Waals surface area contributed by atoms with Crippen molar-refractivity contribution in [2.24, 2.45) is 0 Å². The fourth-order valence-corrected chi connectivity index (χ4v) is 3.23. The fraction of sp³-hybridized carbons (Fsp3) is 0.250. The summed E-state index contributed by atoms with van der Waals surface area (Å²) < 4.78 is 0. The second-order valence-corrected chi connectivity index (χ2v) is 6.82. The van der Waals surface area contributed by atoms with Crippen molar-refractivity contribution >= 4 is 35.1 Å². The Morgan fingerprint density at radius 3 is 2.37 bits per heavy atom. The van der Waals surface area contributed by atoms with E-state index in [1.54, 1.807) is 17.0 Å². The maximum atomic E-state index is 12.8. The van der Waals surface area contributed by atoms with Crippen LogP contribution in [0.3, 0.4) is 0 Å². The number of carboxylic acids is 1. The molecule has 0 spiro atoms. The van der Waals surface area contributed by atoms with Crippen LogP contribution in [0.4, 0.5) is 5.69 Å². The third-order valence-electron chi connectivity index (χ3n) is 4.48. The Labute approximate surface area is 161 Å². The van der Waals surface area contributed by atoms with Crippen LogP contribution in [-0.4, -0.2) is 40.9 Å². The van der Waals surface area contributed by atoms with Crippen molar-refractivity contribution < 1.29 is 19.5 Å². The molecule has 7 heteroatoms. The van der Waals surface area contributed by atoms with Crippen molar-refractivity contribution in [2.75, 3.05) is 18.4 Å². The lowest BCUT2D eigenvalue weighted by Gasteiger charge is -2.27. The van der Waals surface area contributed by atoms with Crippen LogP contribution in [0.25, 0.3) is 0 Å². The van der Waals surface area contributed by atoms with Gasteiger partial charge in [0.25, 0.3) is 11.8 Å². The highest BCUT2D eigenvalue weighted by atomic mass is 35.5. The number of hydrogen-bond donors (Lipinski definition) is 2. The maximum absolute atomic E-state index is 12.8. The molecule has 3 rings (SSSR count). The number of rotatable bonds is 4. The molecular weight excluding hydrogens is 368 g/mol. The summed E-state index contributed by atoms with van der Waals surface area (Å²) in [5, 5.41) is 12.2. The molecule has 0 unspecified atom stereocenters. The number of piperidine rings is 1. The molecule has 2 aromatic carbocycles. The second kappa shape index (κ2) is 8.22. The molecule has 6 nitrogen and oxygen atoms in total. The Bertz CT molecular complexity index is 891. The standard InChI is InChI=1S/C20H19ClN2O4/c21-15-7-8-16(19(25)23-9-2-1-3-10-23)17(12-15)22-18(24)13-5-4-6-14(11-13)20(26)27/h4-8,11-12H,1-3,9-10H2,(H,22,24)(H,26,27). The minimum Gasteiger partial charge on any atom is -0.478 e. The third-order valence-corrected chi connectivity index (χ3v) is 4.71. The predicted molar refractivity (Wildman–Crippen MR) is 103 cm³/mol. The third kappa shape index (κ3) is 4.46. The molecule has 0 aliphatic carbocycles. The van der Waals surface area contributed by atoms with Gasteiger partial charge in [-0.15, -0.1) is 0 Å². The zero-order chi connectivity index (χ0) is 19.4. The number of carboxylic acid groups (broad SMARTS) is 1. The van der Waals surface area contributed by atoms with Gasteiger partial charge in [-0.05, 0) is 55.7 Å². The number of carbonyl (C=O) groups excluding carboxylic acids is 2. The second-order valence-electron chi connectivity index (χ2n) is 6.38. The van der Waals surface area contributed by atoms with E-state index in [0.717, 1.165) is 19.3 Å². The van der Waals surface area contributed by atoms with E-state index in [9.17, 15) is 14.4 Å². The maximum Gasteiger partial charge on any atom is 0.335 e. The van der Waals surface area contributed by atoms with E-state index in [-0.39, 0.29) is 17.0 Å². The minimum atomic E-state index is -1.12. The van der Waals surface area contributed by atoms with E-state index in [2.05, 4.69) is 5.32 Å². The molecule has 140 valence electrons. The van der Waals surface area contributed by atoms with Crippen molar-refractivity contribution in [2.45, 2.75) is 19.3 Å². The normalized spacial score (nSPS) is 13.9. The van der Waals surface area contributed by atoms with Gasteiger partial charge in [0.1, 0.15) is 0 Å². The molecule has 2 aromatic rings. The van der Waals surface area contributed by atoms with E-state index in [1.807, 2.05) is 0 Å². The molecule has 2 amide bonds. The molecule has 1 saturated heterocycles. The zero-order valence-electron chi connectivity index (χ0n) is 14.6. The van der Waals surface area contributed by atoms with E-state index >= 15 is 0 Å². The summed E-state index contributed by atoms with van der Waals surface area (Å²) in [4.78, 5) is 38.3. The summed E-state index contributed by atoms with van der Waals surface area (Å²) in [5.41, 5.74) is 0.873. The lowest BCUT2D eigenvalue weighted by molar-refractivity contribution is 0.0694. The van der Waals surface area contributed by atoms with Gasteiger partial charge >= 0.3 is 5.97 Å². The monoisotopic (exact) mass is 386 g/mol. The van der Waals surface area contributed by atoms with Crippen LogP contribution in [0, 0.1) is 0 Å². The Kier molecular flexibility index (Phi) is 5.76. The Balaban J connectivity index is 1.86. The zero-order valence-corrected chi connectivity index (χ0v) is 15.3. The molecule has 1 aliphatic rings. The van der Waals surface area contributed by atoms with Crippen molar-refractivity contribution in [1.82, 2.24) is 4.90 Å². The molecule has 0 bridgehead atoms. The number of aromatic carboxylic acids is 1. The topological polar surface area (TPSA) is 86.7 Å². The van der Waals surface area contributed by atoms with E-state index in [0.29, 0.717) is 29.4 Å². The molecule has 0 radical (unpaired) electrons. The Morgan fingerprint density at radius 2 is 1.67 bits per heavy atom. The van der Waals surface area contributed by atoms with Crippen LogP contribution < -0.4 is 5.32 Å². The summed E-state index contributed by atoms with van der Waals surface area (Å²) in [6.07, 6.45) is 3.03. The van der Waals surface area contributed by atoms with Gasteiger partial charge in [0.15, 0.2) is 0 Å². The number of amides is 2. The van der Waals surface area contributed by atoms with Gasteiger partial charge in [-0.2, -0.15) is 0 Å². The van der Waals surface area contributed by atoms with Gasteiger partial charge in [0.05, 0.1) is 16.8 Å². The summed E-state index contributed by atoms with van der Waals surface area (Å²) in [6.45, 7) is 1.38. The molecular formula is C20H19ClN2O4. The summed E-state index contributed by atoms with van der Waals surface area (Å²) >= 11 is 6.05. The fourth-order valence-electron chi connectivity index (χ4n) is 3.06. The number of nitrogens with one attached hydrogen (secondary N) is 1. The number of benzene rings is 2. The van der Waals surface area contributed by atoms with E-state index in [1.165, 1.54) is 30.3 Å². The molecule has 1 heterocycles. The molecule has 0 saturated carbocycles. The minimum absolute atomic E-state index is 0.0124. The first kappa shape index (κ1) is 18.9. The van der Waals surface area contributed by atoms with Gasteiger partial charge < -0.3 is 15.3 Å². The average Bonchev–Trinajstić information content (AvgIpc) is 2.68. The first-order valence-corrected chi connectivity index (χ1v) is 9.07. The van der Waals surface area contributed by atoms with Crippen LogP contribution in [0.15, 0.2) is 42.5 Å². The average molecular weight is 387 g/mol. The highest BCUT2D eigenvalue weighted by Crippen LogP contribution is 2.25. The van der Waals surface area contributed by atoms with Crippen LogP contribution in [-0.2, 0) is 0 Å². The summed E-state index contributed by atoms with van der Waals surface area (Å²) in [7, 11) is 0. The van der Waals surface area contributed by atoms with Crippen LogP contribution in [0.1, 0.15) is 50.3 Å². The molecule has 0 atom stereocenters. The first-order valence-electron chi connectivity index (χ1n) is 8.69. The van der Waals surface area contributed by atoms with Crippen LogP contribution >= 0.6 is 11.6 Å². The lowest BCUT2D eigenvalue weighted by Crippen LogP contribution is -2.36. The highest BCUT2D eigenvalue weighted by Gasteiger charge is 2.22. The molecule has 2 N–H and O–H groups in total. The summed E-state index contributed by atoms with van der Waals surface area (Å²) in [6, 6.07) is 10.4. The van der Waals surface area contributed by atoms with Crippen molar-refractivity contribution in [3.63, 3.8) is 0 Å². The summed E-state index contributed by atoms with van der Waals surface area (Å²) in [5.74, 6) is -1.78. The SMILES string of the molecule is O=C(O)c1cccc(C(=O)Nc2cc(Cl)ccc2C(=O)N2CCCCC2)c1. The molecule has 1 aliphatic heterocycles. The number of nitrogens with zero attached hydrogens (tertiary/aromatic N) is 1. The molecule has 1 fully saturated rings. The van der Waals surface area contributed by atoms with Crippen LogP contribution in [0.5, 0.6) is 0 Å².